The molecular weight excluding hydrogens is 278 g/mol. The SMILES string of the molecule is O=C(O)c1sc2ccccc2c1CN1CC(O)C(O)C1. The van der Waals surface area contributed by atoms with E-state index in [1.54, 1.807) is 0 Å². The molecule has 2 aromatic rings. The average molecular weight is 293 g/mol. The minimum absolute atomic E-state index is 0.335. The second-order valence-corrected chi connectivity index (χ2v) is 6.09. The fourth-order valence-corrected chi connectivity index (χ4v) is 3.68. The molecule has 3 N–H and O–H groups in total. The molecule has 1 fully saturated rings. The van der Waals surface area contributed by atoms with Crippen molar-refractivity contribution < 1.29 is 20.1 Å². The second kappa shape index (κ2) is 5.14. The Morgan fingerprint density at radius 1 is 1.25 bits per heavy atom. The van der Waals surface area contributed by atoms with Crippen molar-refractivity contribution in [2.45, 2.75) is 18.8 Å². The molecule has 1 aromatic heterocycles. The number of carboxylic acid groups (broad SMARTS) is 1. The Kier molecular flexibility index (Phi) is 3.47. The van der Waals surface area contributed by atoms with Crippen LogP contribution in [0.3, 0.4) is 0 Å². The Morgan fingerprint density at radius 3 is 2.55 bits per heavy atom. The van der Waals surface area contributed by atoms with Gasteiger partial charge >= 0.3 is 5.97 Å². The number of hydrogen-bond acceptors (Lipinski definition) is 5. The normalized spacial score (nSPS) is 23.5. The van der Waals surface area contributed by atoms with Gasteiger partial charge in [0.15, 0.2) is 0 Å². The molecule has 2 atom stereocenters. The van der Waals surface area contributed by atoms with E-state index in [2.05, 4.69) is 0 Å². The van der Waals surface area contributed by atoms with Crippen molar-refractivity contribution in [1.82, 2.24) is 4.90 Å². The number of thiophene rings is 1. The summed E-state index contributed by atoms with van der Waals surface area (Å²) in [6, 6.07) is 7.59. The minimum Gasteiger partial charge on any atom is -0.477 e. The fourth-order valence-electron chi connectivity index (χ4n) is 2.63. The van der Waals surface area contributed by atoms with E-state index in [1.165, 1.54) is 11.3 Å². The lowest BCUT2D eigenvalue weighted by Crippen LogP contribution is -2.22. The van der Waals surface area contributed by atoms with Gasteiger partial charge < -0.3 is 15.3 Å². The van der Waals surface area contributed by atoms with Crippen molar-refractivity contribution in [2.75, 3.05) is 13.1 Å². The van der Waals surface area contributed by atoms with E-state index < -0.39 is 18.2 Å². The number of nitrogens with zero attached hydrogens (tertiary/aromatic N) is 1. The number of carbonyl (C=O) groups is 1. The van der Waals surface area contributed by atoms with Gasteiger partial charge in [-0.15, -0.1) is 11.3 Å². The van der Waals surface area contributed by atoms with E-state index in [1.807, 2.05) is 29.2 Å². The minimum atomic E-state index is -0.929. The van der Waals surface area contributed by atoms with E-state index in [9.17, 15) is 20.1 Å². The van der Waals surface area contributed by atoms with Gasteiger partial charge in [0.2, 0.25) is 0 Å². The predicted molar refractivity (Wildman–Crippen MR) is 76.1 cm³/mol. The maximum Gasteiger partial charge on any atom is 0.346 e. The summed E-state index contributed by atoms with van der Waals surface area (Å²) in [7, 11) is 0. The molecule has 3 rings (SSSR count). The van der Waals surface area contributed by atoms with Crippen LogP contribution in [0.25, 0.3) is 10.1 Å². The Balaban J connectivity index is 1.97. The van der Waals surface area contributed by atoms with E-state index in [0.717, 1.165) is 15.6 Å². The van der Waals surface area contributed by atoms with Crippen LogP contribution in [0.2, 0.25) is 0 Å². The molecule has 106 valence electrons. The quantitative estimate of drug-likeness (QED) is 0.790. The number of rotatable bonds is 3. The maximum atomic E-state index is 11.4. The van der Waals surface area contributed by atoms with Gasteiger partial charge in [-0.25, -0.2) is 4.79 Å². The first-order chi connectivity index (χ1) is 9.56. The van der Waals surface area contributed by atoms with Gasteiger partial charge in [0.05, 0.1) is 12.2 Å². The first-order valence-corrected chi connectivity index (χ1v) is 7.20. The van der Waals surface area contributed by atoms with Gasteiger partial charge in [-0.3, -0.25) is 4.90 Å². The van der Waals surface area contributed by atoms with E-state index in [0.29, 0.717) is 24.5 Å². The molecule has 6 heteroatoms. The molecular formula is C14H15NO4S. The number of benzene rings is 1. The Bertz CT molecular complexity index is 644. The average Bonchev–Trinajstić information content (AvgIpc) is 2.92. The highest BCUT2D eigenvalue weighted by Crippen LogP contribution is 2.32. The zero-order chi connectivity index (χ0) is 14.3. The Labute approximate surface area is 119 Å². The number of aliphatic hydroxyl groups is 2. The van der Waals surface area contributed by atoms with Crippen molar-refractivity contribution in [1.29, 1.82) is 0 Å². The van der Waals surface area contributed by atoms with Crippen LogP contribution in [0.4, 0.5) is 0 Å². The lowest BCUT2D eigenvalue weighted by Gasteiger charge is -2.14. The lowest BCUT2D eigenvalue weighted by atomic mass is 10.1. The van der Waals surface area contributed by atoms with Gasteiger partial charge in [0, 0.05) is 24.3 Å². The monoisotopic (exact) mass is 293 g/mol. The van der Waals surface area contributed by atoms with Crippen LogP contribution in [-0.2, 0) is 6.54 Å². The van der Waals surface area contributed by atoms with Crippen molar-refractivity contribution in [3.05, 3.63) is 34.7 Å². The summed E-state index contributed by atoms with van der Waals surface area (Å²) in [5.41, 5.74) is 0.763. The van der Waals surface area contributed by atoms with Crippen LogP contribution >= 0.6 is 11.3 Å². The van der Waals surface area contributed by atoms with E-state index in [4.69, 9.17) is 0 Å². The summed E-state index contributed by atoms with van der Waals surface area (Å²) >= 11 is 1.27. The topological polar surface area (TPSA) is 81.0 Å². The number of fused-ring (bicyclic) bond motifs is 1. The molecule has 1 aliphatic heterocycles. The lowest BCUT2D eigenvalue weighted by molar-refractivity contribution is 0.0572. The van der Waals surface area contributed by atoms with Crippen LogP contribution in [0.5, 0.6) is 0 Å². The molecule has 2 heterocycles. The Morgan fingerprint density at radius 2 is 1.90 bits per heavy atom. The summed E-state index contributed by atoms with van der Waals surface area (Å²) in [4.78, 5) is 13.6. The van der Waals surface area contributed by atoms with E-state index in [-0.39, 0.29) is 0 Å². The molecule has 20 heavy (non-hydrogen) atoms. The zero-order valence-corrected chi connectivity index (χ0v) is 11.5. The van der Waals surface area contributed by atoms with Gasteiger partial charge in [0.25, 0.3) is 0 Å². The molecule has 0 aliphatic carbocycles. The smallest absolute Gasteiger partial charge is 0.346 e. The third-order valence-corrected chi connectivity index (χ3v) is 4.81. The Hall–Kier alpha value is -1.47. The third kappa shape index (κ3) is 2.31. The van der Waals surface area contributed by atoms with Crippen LogP contribution in [-0.4, -0.2) is 51.5 Å². The molecule has 2 unspecified atom stereocenters. The predicted octanol–water partition coefficient (Wildman–Crippen LogP) is 1.14. The molecule has 0 spiro atoms. The largest absolute Gasteiger partial charge is 0.477 e. The summed E-state index contributed by atoms with van der Waals surface area (Å²) in [6.07, 6.45) is -1.51. The standard InChI is InChI=1S/C14H15NO4S/c16-10-6-15(7-11(10)17)5-9-8-3-1-2-4-12(8)20-13(9)14(18)19/h1-4,10-11,16-17H,5-7H2,(H,18,19). The van der Waals surface area contributed by atoms with Crippen LogP contribution in [0.1, 0.15) is 15.2 Å². The van der Waals surface area contributed by atoms with Gasteiger partial charge in [-0.05, 0) is 17.0 Å². The summed E-state index contributed by atoms with van der Waals surface area (Å²) < 4.78 is 0.945. The molecule has 0 radical (unpaired) electrons. The summed E-state index contributed by atoms with van der Waals surface area (Å²) in [5.74, 6) is -0.929. The summed E-state index contributed by atoms with van der Waals surface area (Å²) in [6.45, 7) is 1.16. The number of aliphatic hydroxyl groups excluding tert-OH is 2. The number of hydrogen-bond donors (Lipinski definition) is 3. The first kappa shape index (κ1) is 13.5. The molecule has 1 aromatic carbocycles. The molecule has 0 saturated carbocycles. The summed E-state index contributed by atoms with van der Waals surface area (Å²) in [5, 5.41) is 29.4. The highest BCUT2D eigenvalue weighted by Gasteiger charge is 2.31. The van der Waals surface area contributed by atoms with Crippen LogP contribution < -0.4 is 0 Å². The fraction of sp³-hybridized carbons (Fsp3) is 0.357. The highest BCUT2D eigenvalue weighted by molar-refractivity contribution is 7.21. The molecule has 0 amide bonds. The molecule has 1 aliphatic rings. The van der Waals surface area contributed by atoms with Gasteiger partial charge in [-0.2, -0.15) is 0 Å². The molecule has 0 bridgehead atoms. The van der Waals surface area contributed by atoms with E-state index >= 15 is 0 Å². The zero-order valence-electron chi connectivity index (χ0n) is 10.7. The second-order valence-electron chi connectivity index (χ2n) is 5.04. The van der Waals surface area contributed by atoms with Gasteiger partial charge in [-0.1, -0.05) is 18.2 Å². The van der Waals surface area contributed by atoms with Crippen molar-refractivity contribution in [3.8, 4) is 0 Å². The highest BCUT2D eigenvalue weighted by atomic mass is 32.1. The first-order valence-electron chi connectivity index (χ1n) is 6.38. The number of β-amino-alcohol motifs (C(OH)–C–C–N with tert-alkyl or cyclic N) is 2. The third-order valence-electron chi connectivity index (χ3n) is 3.61. The molecule has 1 saturated heterocycles. The van der Waals surface area contributed by atoms with Gasteiger partial charge in [0.1, 0.15) is 4.88 Å². The number of aromatic carboxylic acids is 1. The van der Waals surface area contributed by atoms with Crippen LogP contribution in [0.15, 0.2) is 24.3 Å². The molecule has 5 nitrogen and oxygen atoms in total. The van der Waals surface area contributed by atoms with Crippen molar-refractivity contribution in [2.24, 2.45) is 0 Å². The van der Waals surface area contributed by atoms with Crippen molar-refractivity contribution >= 4 is 27.4 Å². The number of likely N-dealkylation sites (tertiary alicyclic amines) is 1. The van der Waals surface area contributed by atoms with Crippen LogP contribution in [0, 0.1) is 0 Å². The van der Waals surface area contributed by atoms with Crippen molar-refractivity contribution in [3.63, 3.8) is 0 Å². The number of carboxylic acids is 1. The maximum absolute atomic E-state index is 11.4.